The molecule has 0 bridgehead atoms. The Morgan fingerprint density at radius 2 is 1.68 bits per heavy atom. The van der Waals surface area contributed by atoms with Crippen LogP contribution in [0.15, 0.2) is 0 Å². The van der Waals surface area contributed by atoms with Gasteiger partial charge >= 0.3 is 0 Å². The van der Waals surface area contributed by atoms with Gasteiger partial charge in [0.1, 0.15) is 6.04 Å². The SMILES string of the molecule is CCCC(CCC)S(=O)(=O)C[C@H](NC(=O)CSC)C(N)=O.Cl. The van der Waals surface area contributed by atoms with Crippen molar-refractivity contribution in [3.05, 3.63) is 0 Å². The summed E-state index contributed by atoms with van der Waals surface area (Å²) in [6.07, 6.45) is 4.36. The van der Waals surface area contributed by atoms with E-state index in [9.17, 15) is 18.0 Å². The molecule has 0 aromatic carbocycles. The molecule has 9 heteroatoms. The zero-order chi connectivity index (χ0) is 16.5. The smallest absolute Gasteiger partial charge is 0.241 e. The number of carbonyl (C=O) groups excluding carboxylic acids is 2. The number of halogens is 1. The Kier molecular flexibility index (Phi) is 13.0. The quantitative estimate of drug-likeness (QED) is 0.563. The van der Waals surface area contributed by atoms with E-state index in [0.29, 0.717) is 12.8 Å². The third-order valence-electron chi connectivity index (χ3n) is 3.08. The van der Waals surface area contributed by atoms with Gasteiger partial charge in [0, 0.05) is 0 Å². The average Bonchev–Trinajstić information content (AvgIpc) is 2.37. The van der Waals surface area contributed by atoms with Crippen molar-refractivity contribution in [2.75, 3.05) is 17.8 Å². The summed E-state index contributed by atoms with van der Waals surface area (Å²) in [5.74, 6) is -1.46. The summed E-state index contributed by atoms with van der Waals surface area (Å²) in [7, 11) is -3.47. The number of carbonyl (C=O) groups is 2. The first kappa shape index (κ1) is 23.8. The molecule has 0 aliphatic carbocycles. The zero-order valence-corrected chi connectivity index (χ0v) is 15.8. The maximum Gasteiger partial charge on any atom is 0.241 e. The first-order valence-corrected chi connectivity index (χ1v) is 10.2. The minimum absolute atomic E-state index is 0. The van der Waals surface area contributed by atoms with Crippen LogP contribution in [0.1, 0.15) is 39.5 Å². The Labute approximate surface area is 143 Å². The fraction of sp³-hybridized carbons (Fsp3) is 0.846. The van der Waals surface area contributed by atoms with Gasteiger partial charge in [-0.3, -0.25) is 9.59 Å². The minimum Gasteiger partial charge on any atom is -0.368 e. The zero-order valence-electron chi connectivity index (χ0n) is 13.3. The van der Waals surface area contributed by atoms with Gasteiger partial charge in [-0.15, -0.1) is 12.4 Å². The Bertz CT molecular complexity index is 437. The van der Waals surface area contributed by atoms with Crippen LogP contribution in [0, 0.1) is 0 Å². The number of thioether (sulfide) groups is 1. The number of primary amides is 1. The number of nitrogens with one attached hydrogen (secondary N) is 1. The molecule has 3 N–H and O–H groups in total. The minimum atomic E-state index is -3.47. The molecule has 0 fully saturated rings. The van der Waals surface area contributed by atoms with E-state index in [1.807, 2.05) is 13.8 Å². The molecular formula is C13H27ClN2O4S2. The van der Waals surface area contributed by atoms with Gasteiger partial charge in [0.05, 0.1) is 16.8 Å². The Morgan fingerprint density at radius 3 is 2.05 bits per heavy atom. The summed E-state index contributed by atoms with van der Waals surface area (Å²) in [6.45, 7) is 3.84. The average molecular weight is 375 g/mol. The molecule has 0 aliphatic rings. The van der Waals surface area contributed by atoms with Gasteiger partial charge in [0.2, 0.25) is 11.8 Å². The summed E-state index contributed by atoms with van der Waals surface area (Å²) < 4.78 is 24.8. The van der Waals surface area contributed by atoms with Crippen molar-refractivity contribution in [1.29, 1.82) is 0 Å². The number of amides is 2. The molecule has 0 unspecified atom stereocenters. The second-order valence-electron chi connectivity index (χ2n) is 4.98. The standard InChI is InChI=1S/C13H26N2O4S2.ClH/c1-4-6-10(7-5-2)21(18,19)9-11(13(14)17)15-12(16)8-20-3;/h10-11H,4-9H2,1-3H3,(H2,14,17)(H,15,16);1H/t11-;/m0./s1. The number of sulfone groups is 1. The van der Waals surface area contributed by atoms with Crippen molar-refractivity contribution >= 4 is 45.8 Å². The monoisotopic (exact) mass is 374 g/mol. The Hall–Kier alpha value is -0.470. The van der Waals surface area contributed by atoms with Gasteiger partial charge in [-0.25, -0.2) is 8.42 Å². The molecule has 1 atom stereocenters. The first-order valence-electron chi connectivity index (χ1n) is 7.07. The first-order chi connectivity index (χ1) is 9.78. The van der Waals surface area contributed by atoms with E-state index < -0.39 is 32.8 Å². The molecule has 132 valence electrons. The van der Waals surface area contributed by atoms with E-state index in [-0.39, 0.29) is 24.1 Å². The van der Waals surface area contributed by atoms with Gasteiger partial charge in [-0.1, -0.05) is 26.7 Å². The van der Waals surface area contributed by atoms with E-state index in [1.54, 1.807) is 6.26 Å². The highest BCUT2D eigenvalue weighted by molar-refractivity contribution is 7.99. The lowest BCUT2D eigenvalue weighted by atomic mass is 10.2. The predicted molar refractivity (Wildman–Crippen MR) is 94.1 cm³/mol. The van der Waals surface area contributed by atoms with Crippen LogP contribution in [-0.2, 0) is 19.4 Å². The summed E-state index contributed by atoms with van der Waals surface area (Å²) in [4.78, 5) is 22.9. The van der Waals surface area contributed by atoms with E-state index in [2.05, 4.69) is 5.32 Å². The van der Waals surface area contributed by atoms with E-state index in [1.165, 1.54) is 11.8 Å². The van der Waals surface area contributed by atoms with Crippen LogP contribution < -0.4 is 11.1 Å². The summed E-state index contributed by atoms with van der Waals surface area (Å²) in [5.41, 5.74) is 5.21. The second-order valence-corrected chi connectivity index (χ2v) is 8.18. The molecule has 6 nitrogen and oxygen atoms in total. The lowest BCUT2D eigenvalue weighted by Gasteiger charge is -2.20. The maximum absolute atomic E-state index is 12.4. The Morgan fingerprint density at radius 1 is 1.18 bits per heavy atom. The summed E-state index contributed by atoms with van der Waals surface area (Å²) in [5, 5.41) is 1.92. The van der Waals surface area contributed by atoms with Crippen molar-refractivity contribution in [2.45, 2.75) is 50.8 Å². The molecule has 0 rings (SSSR count). The lowest BCUT2D eigenvalue weighted by Crippen LogP contribution is -2.50. The fourth-order valence-corrected chi connectivity index (χ4v) is 4.60. The fourth-order valence-electron chi connectivity index (χ4n) is 2.08. The molecule has 0 spiro atoms. The molecule has 0 saturated carbocycles. The molecule has 0 heterocycles. The highest BCUT2D eigenvalue weighted by Gasteiger charge is 2.30. The topological polar surface area (TPSA) is 106 Å². The third kappa shape index (κ3) is 8.85. The molecule has 0 aromatic rings. The van der Waals surface area contributed by atoms with Crippen molar-refractivity contribution in [3.8, 4) is 0 Å². The summed E-state index contributed by atoms with van der Waals surface area (Å²) in [6, 6.07) is -1.16. The second kappa shape index (κ2) is 12.0. The van der Waals surface area contributed by atoms with Crippen LogP contribution >= 0.6 is 24.2 Å². The third-order valence-corrected chi connectivity index (χ3v) is 5.92. The molecule has 0 aliphatic heterocycles. The molecule has 0 aromatic heterocycles. The number of nitrogens with two attached hydrogens (primary N) is 1. The van der Waals surface area contributed by atoms with Crippen molar-refractivity contribution in [3.63, 3.8) is 0 Å². The summed E-state index contributed by atoms with van der Waals surface area (Å²) >= 11 is 1.29. The molecule has 22 heavy (non-hydrogen) atoms. The van der Waals surface area contributed by atoms with Crippen LogP contribution in [0.5, 0.6) is 0 Å². The van der Waals surface area contributed by atoms with Gasteiger partial charge in [-0.05, 0) is 19.1 Å². The van der Waals surface area contributed by atoms with Gasteiger partial charge in [-0.2, -0.15) is 11.8 Å². The van der Waals surface area contributed by atoms with E-state index in [4.69, 9.17) is 5.73 Å². The molecular weight excluding hydrogens is 348 g/mol. The highest BCUT2D eigenvalue weighted by Crippen LogP contribution is 2.16. The van der Waals surface area contributed by atoms with Crippen molar-refractivity contribution in [2.24, 2.45) is 5.73 Å². The Balaban J connectivity index is 0. The predicted octanol–water partition coefficient (Wildman–Crippen LogP) is 1.12. The molecule has 0 radical (unpaired) electrons. The van der Waals surface area contributed by atoms with Crippen LogP contribution in [0.2, 0.25) is 0 Å². The maximum atomic E-state index is 12.4. The highest BCUT2D eigenvalue weighted by atomic mass is 35.5. The van der Waals surface area contributed by atoms with Crippen LogP contribution in [-0.4, -0.2) is 49.3 Å². The van der Waals surface area contributed by atoms with Crippen LogP contribution in [0.25, 0.3) is 0 Å². The number of rotatable bonds is 11. The number of hydrogen-bond acceptors (Lipinski definition) is 5. The van der Waals surface area contributed by atoms with E-state index >= 15 is 0 Å². The molecule has 0 saturated heterocycles. The van der Waals surface area contributed by atoms with Crippen LogP contribution in [0.3, 0.4) is 0 Å². The van der Waals surface area contributed by atoms with Gasteiger partial charge < -0.3 is 11.1 Å². The number of hydrogen-bond donors (Lipinski definition) is 2. The lowest BCUT2D eigenvalue weighted by molar-refractivity contribution is -0.125. The van der Waals surface area contributed by atoms with Gasteiger partial charge in [0.25, 0.3) is 0 Å². The van der Waals surface area contributed by atoms with Gasteiger partial charge in [0.15, 0.2) is 9.84 Å². The van der Waals surface area contributed by atoms with Crippen LogP contribution in [0.4, 0.5) is 0 Å². The largest absolute Gasteiger partial charge is 0.368 e. The normalized spacial score (nSPS) is 12.5. The van der Waals surface area contributed by atoms with E-state index in [0.717, 1.165) is 12.8 Å². The van der Waals surface area contributed by atoms with Crippen molar-refractivity contribution in [1.82, 2.24) is 5.32 Å². The van der Waals surface area contributed by atoms with Crippen molar-refractivity contribution < 1.29 is 18.0 Å². The molecule has 2 amide bonds.